The molecule has 2 heterocycles. The molecule has 0 saturated heterocycles. The van der Waals surface area contributed by atoms with Gasteiger partial charge in [-0.25, -0.2) is 9.59 Å². The van der Waals surface area contributed by atoms with Gasteiger partial charge in [0.05, 0.1) is 24.4 Å². The molecule has 0 saturated carbocycles. The Morgan fingerprint density at radius 3 is 2.27 bits per heavy atom. The minimum Gasteiger partial charge on any atom is -0.466 e. The first-order valence-electron chi connectivity index (χ1n) is 12.6. The number of aryl methyl sites for hydroxylation is 1. The predicted molar refractivity (Wildman–Crippen MR) is 147 cm³/mol. The molecule has 12 nitrogen and oxygen atoms in total. The summed E-state index contributed by atoms with van der Waals surface area (Å²) in [5.41, 5.74) is 7.23. The summed E-state index contributed by atoms with van der Waals surface area (Å²) in [6.07, 6.45) is 2.86. The zero-order valence-corrected chi connectivity index (χ0v) is 22.0. The first-order valence-corrected chi connectivity index (χ1v) is 12.6. The minimum absolute atomic E-state index is 0.166. The van der Waals surface area contributed by atoms with Crippen molar-refractivity contribution in [2.24, 2.45) is 5.73 Å². The maximum absolute atomic E-state index is 13.5. The number of Topliss-reactive ketones (excluding diaryl/α,β-unsaturated/α-hetero) is 1. The van der Waals surface area contributed by atoms with Crippen LogP contribution in [0.4, 0.5) is 15.3 Å². The molecule has 208 valence electrons. The van der Waals surface area contributed by atoms with E-state index in [1.54, 1.807) is 49.5 Å². The summed E-state index contributed by atoms with van der Waals surface area (Å²) < 4.78 is 13.1. The fourth-order valence-electron chi connectivity index (χ4n) is 4.41. The molecule has 4 aromatic rings. The van der Waals surface area contributed by atoms with Crippen LogP contribution < -0.4 is 16.4 Å². The van der Waals surface area contributed by atoms with Crippen LogP contribution in [0.25, 0.3) is 21.8 Å². The van der Waals surface area contributed by atoms with Gasteiger partial charge >= 0.3 is 18.1 Å². The number of primary amides is 1. The van der Waals surface area contributed by atoms with Crippen molar-refractivity contribution in [3.05, 3.63) is 66.5 Å². The van der Waals surface area contributed by atoms with Gasteiger partial charge in [0.2, 0.25) is 5.91 Å². The third-order valence-electron chi connectivity index (χ3n) is 6.15. The van der Waals surface area contributed by atoms with Crippen LogP contribution in [0, 0.1) is 0 Å². The smallest absolute Gasteiger partial charge is 0.418 e. The highest BCUT2D eigenvalue weighted by molar-refractivity contribution is 6.20. The van der Waals surface area contributed by atoms with Crippen molar-refractivity contribution in [2.75, 3.05) is 18.5 Å². The Morgan fingerprint density at radius 1 is 0.925 bits per heavy atom. The minimum atomic E-state index is -1.67. The van der Waals surface area contributed by atoms with Crippen molar-refractivity contribution in [3.8, 4) is 0 Å². The summed E-state index contributed by atoms with van der Waals surface area (Å²) in [7, 11) is 0. The van der Waals surface area contributed by atoms with E-state index in [0.717, 1.165) is 5.52 Å². The second-order valence-corrected chi connectivity index (χ2v) is 8.87. The molecule has 3 amide bonds. The number of nitrogens with zero attached hydrogens (tertiary/aromatic N) is 2. The predicted octanol–water partition coefficient (Wildman–Crippen LogP) is 3.41. The topological polar surface area (TPSA) is 164 Å². The number of rotatable bonds is 10. The fourth-order valence-corrected chi connectivity index (χ4v) is 4.41. The SMILES string of the molecule is CCOC(=O)n1cc(NC(=O)NC(C(N)=O)C(=O)c2cn(CCCOC(C)=O)c3ccccc23)c2ccccc21. The van der Waals surface area contributed by atoms with Crippen LogP contribution in [0.5, 0.6) is 0 Å². The van der Waals surface area contributed by atoms with Crippen LogP contribution in [-0.2, 0) is 25.6 Å². The van der Waals surface area contributed by atoms with Gasteiger partial charge in [0.15, 0.2) is 11.8 Å². The van der Waals surface area contributed by atoms with Crippen molar-refractivity contribution < 1.29 is 33.4 Å². The Hall–Kier alpha value is -5.13. The quantitative estimate of drug-likeness (QED) is 0.118. The molecule has 0 bridgehead atoms. The molecule has 12 heteroatoms. The standard InChI is InChI=1S/C28H29N5O7/c1-3-39-28(38)33-16-21(19-10-5-7-12-23(19)33)30-27(37)31-24(26(29)36)25(35)20-15-32(13-8-14-40-17(2)34)22-11-6-4-9-18(20)22/h4-7,9-12,15-16,24H,3,8,13-14H2,1-2H3,(H2,29,36)(H2,30,31,37). The molecule has 4 N–H and O–H groups in total. The molecule has 4 rings (SSSR count). The number of benzene rings is 2. The Labute approximate surface area is 229 Å². The van der Waals surface area contributed by atoms with Crippen molar-refractivity contribution in [1.29, 1.82) is 0 Å². The lowest BCUT2D eigenvalue weighted by molar-refractivity contribution is -0.141. The lowest BCUT2D eigenvalue weighted by atomic mass is 10.0. The van der Waals surface area contributed by atoms with E-state index < -0.39 is 29.9 Å². The van der Waals surface area contributed by atoms with E-state index in [1.807, 2.05) is 16.7 Å². The number of carbonyl (C=O) groups is 5. The van der Waals surface area contributed by atoms with Crippen LogP contribution in [-0.4, -0.2) is 58.2 Å². The van der Waals surface area contributed by atoms with Crippen molar-refractivity contribution in [2.45, 2.75) is 32.9 Å². The largest absolute Gasteiger partial charge is 0.466 e. The van der Waals surface area contributed by atoms with Gasteiger partial charge in [-0.15, -0.1) is 0 Å². The Morgan fingerprint density at radius 2 is 1.60 bits per heavy atom. The number of ketones is 1. The maximum Gasteiger partial charge on any atom is 0.418 e. The molecular weight excluding hydrogens is 518 g/mol. The third-order valence-corrected chi connectivity index (χ3v) is 6.15. The van der Waals surface area contributed by atoms with Gasteiger partial charge in [0.25, 0.3) is 0 Å². The van der Waals surface area contributed by atoms with Gasteiger partial charge in [-0.1, -0.05) is 36.4 Å². The molecule has 0 radical (unpaired) electrons. The number of aromatic nitrogens is 2. The molecule has 2 aromatic carbocycles. The monoisotopic (exact) mass is 547 g/mol. The van der Waals surface area contributed by atoms with Crippen LogP contribution in [0.3, 0.4) is 0 Å². The third kappa shape index (κ3) is 5.96. The summed E-state index contributed by atoms with van der Waals surface area (Å²) in [6, 6.07) is 11.4. The summed E-state index contributed by atoms with van der Waals surface area (Å²) >= 11 is 0. The van der Waals surface area contributed by atoms with Crippen molar-refractivity contribution in [1.82, 2.24) is 14.5 Å². The molecule has 1 unspecified atom stereocenters. The highest BCUT2D eigenvalue weighted by Gasteiger charge is 2.30. The number of esters is 1. The summed E-state index contributed by atoms with van der Waals surface area (Å²) in [4.78, 5) is 62.2. The van der Waals surface area contributed by atoms with Crippen molar-refractivity contribution in [3.63, 3.8) is 0 Å². The molecule has 0 fully saturated rings. The summed E-state index contributed by atoms with van der Waals surface area (Å²) in [6.45, 7) is 3.83. The zero-order chi connectivity index (χ0) is 28.8. The Balaban J connectivity index is 1.56. The van der Waals surface area contributed by atoms with Crippen LogP contribution in [0.2, 0.25) is 0 Å². The fraction of sp³-hybridized carbons (Fsp3) is 0.250. The van der Waals surface area contributed by atoms with E-state index in [0.29, 0.717) is 29.3 Å². The first kappa shape index (κ1) is 27.9. The number of anilines is 1. The molecule has 0 aliphatic heterocycles. The first-order chi connectivity index (χ1) is 19.2. The Bertz CT molecular complexity index is 1600. The number of urea groups is 1. The number of nitrogens with one attached hydrogen (secondary N) is 2. The summed E-state index contributed by atoms with van der Waals surface area (Å²) in [5, 5.41) is 6.08. The Kier molecular flexibility index (Phi) is 8.48. The molecule has 0 aliphatic carbocycles. The number of ether oxygens (including phenoxy) is 2. The van der Waals surface area contributed by atoms with E-state index in [-0.39, 0.29) is 30.4 Å². The number of fused-ring (bicyclic) bond motifs is 2. The van der Waals surface area contributed by atoms with Gasteiger partial charge < -0.3 is 30.4 Å². The highest BCUT2D eigenvalue weighted by atomic mass is 16.5. The van der Waals surface area contributed by atoms with Gasteiger partial charge in [-0.05, 0) is 25.5 Å². The molecule has 0 aliphatic rings. The van der Waals surface area contributed by atoms with Gasteiger partial charge in [0, 0.05) is 47.7 Å². The molecule has 40 heavy (non-hydrogen) atoms. The molecule has 2 aromatic heterocycles. The van der Waals surface area contributed by atoms with E-state index >= 15 is 0 Å². The number of nitrogens with two attached hydrogens (primary N) is 1. The second kappa shape index (κ2) is 12.2. The average molecular weight is 548 g/mol. The van der Waals surface area contributed by atoms with Crippen LogP contribution in [0.15, 0.2) is 60.9 Å². The molecular formula is C28H29N5O7. The summed E-state index contributed by atoms with van der Waals surface area (Å²) in [5.74, 6) is -2.11. The average Bonchev–Trinajstić information content (AvgIpc) is 3.48. The second-order valence-electron chi connectivity index (χ2n) is 8.87. The maximum atomic E-state index is 13.5. The van der Waals surface area contributed by atoms with Gasteiger partial charge in [-0.2, -0.15) is 0 Å². The number of amides is 3. The zero-order valence-electron chi connectivity index (χ0n) is 22.0. The number of para-hydroxylation sites is 2. The molecule has 1 atom stereocenters. The van der Waals surface area contributed by atoms with Crippen LogP contribution >= 0.6 is 0 Å². The van der Waals surface area contributed by atoms with E-state index in [2.05, 4.69) is 10.6 Å². The van der Waals surface area contributed by atoms with Crippen LogP contribution in [0.1, 0.15) is 30.6 Å². The lowest BCUT2D eigenvalue weighted by Gasteiger charge is -2.14. The van der Waals surface area contributed by atoms with E-state index in [4.69, 9.17) is 15.2 Å². The van der Waals surface area contributed by atoms with Crippen molar-refractivity contribution >= 4 is 57.3 Å². The lowest BCUT2D eigenvalue weighted by Crippen LogP contribution is -2.51. The van der Waals surface area contributed by atoms with Gasteiger partial charge in [0.1, 0.15) is 0 Å². The molecule has 0 spiro atoms. The normalized spacial score (nSPS) is 11.7. The van der Waals surface area contributed by atoms with E-state index in [1.165, 1.54) is 17.7 Å². The van der Waals surface area contributed by atoms with E-state index in [9.17, 15) is 24.0 Å². The van der Waals surface area contributed by atoms with Gasteiger partial charge in [-0.3, -0.25) is 19.0 Å². The number of carbonyl (C=O) groups excluding carboxylic acids is 5. The number of hydrogen-bond acceptors (Lipinski definition) is 7. The number of hydrogen-bond donors (Lipinski definition) is 3. The highest BCUT2D eigenvalue weighted by Crippen LogP contribution is 2.27.